The van der Waals surface area contributed by atoms with Gasteiger partial charge in [0, 0.05) is 32.8 Å². The third-order valence-electron chi connectivity index (χ3n) is 13.0. The van der Waals surface area contributed by atoms with E-state index in [2.05, 4.69) is 188 Å². The molecule has 0 spiro atoms. The van der Waals surface area contributed by atoms with Crippen LogP contribution < -0.4 is 5.32 Å². The van der Waals surface area contributed by atoms with Crippen molar-refractivity contribution in [3.8, 4) is 11.1 Å². The number of anilines is 1. The second-order valence-electron chi connectivity index (χ2n) is 17.6. The van der Waals surface area contributed by atoms with Crippen molar-refractivity contribution >= 4 is 49.4 Å². The molecule has 8 rings (SSSR count). The van der Waals surface area contributed by atoms with Crippen LogP contribution in [0.25, 0.3) is 54.8 Å². The lowest BCUT2D eigenvalue weighted by atomic mass is 9.60. The third kappa shape index (κ3) is 6.19. The van der Waals surface area contributed by atoms with Gasteiger partial charge in [0.2, 0.25) is 0 Å². The molecule has 280 valence electrons. The Morgan fingerprint density at radius 3 is 2.11 bits per heavy atom. The Morgan fingerprint density at radius 2 is 1.42 bits per heavy atom. The molecule has 2 aromatic heterocycles. The van der Waals surface area contributed by atoms with Crippen LogP contribution in [0.4, 0.5) is 5.69 Å². The minimum atomic E-state index is 0.112. The Hall–Kier alpha value is -5.08. The van der Waals surface area contributed by atoms with Crippen LogP contribution in [0.2, 0.25) is 0 Å². The molecular weight excluding hydrogens is 665 g/mol. The van der Waals surface area contributed by atoms with Crippen molar-refractivity contribution in [3.63, 3.8) is 0 Å². The number of hydrogen-bond acceptors (Lipinski definition) is 1. The van der Waals surface area contributed by atoms with E-state index in [1.54, 1.807) is 0 Å². The van der Waals surface area contributed by atoms with Crippen molar-refractivity contribution < 1.29 is 0 Å². The molecule has 0 radical (unpaired) electrons. The van der Waals surface area contributed by atoms with E-state index in [4.69, 9.17) is 0 Å². The lowest BCUT2D eigenvalue weighted by Crippen LogP contribution is -2.32. The van der Waals surface area contributed by atoms with Crippen molar-refractivity contribution in [1.29, 1.82) is 0 Å². The molecule has 0 amide bonds. The van der Waals surface area contributed by atoms with E-state index in [1.165, 1.54) is 125 Å². The van der Waals surface area contributed by atoms with Crippen molar-refractivity contribution in [2.75, 3.05) is 5.32 Å². The lowest BCUT2D eigenvalue weighted by Gasteiger charge is -2.44. The zero-order valence-electron chi connectivity index (χ0n) is 34.7. The van der Waals surface area contributed by atoms with Crippen LogP contribution >= 0.6 is 0 Å². The highest BCUT2D eigenvalue weighted by Gasteiger charge is 2.39. The molecule has 0 bridgehead atoms. The number of nitrogens with zero attached hydrogens (tertiary/aromatic N) is 1. The molecule has 0 unspecified atom stereocenters. The van der Waals surface area contributed by atoms with Crippen LogP contribution in [-0.2, 0) is 0 Å². The van der Waals surface area contributed by atoms with E-state index in [0.29, 0.717) is 5.92 Å². The highest BCUT2D eigenvalue weighted by molar-refractivity contribution is 6.25. The van der Waals surface area contributed by atoms with E-state index in [1.807, 2.05) is 0 Å². The maximum atomic E-state index is 4.15. The Labute approximate surface area is 329 Å². The fourth-order valence-corrected chi connectivity index (χ4v) is 9.52. The number of fused-ring (bicyclic) bond motifs is 6. The summed E-state index contributed by atoms with van der Waals surface area (Å²) in [5.41, 5.74) is 18.7. The van der Waals surface area contributed by atoms with Gasteiger partial charge in [-0.05, 0) is 141 Å². The van der Waals surface area contributed by atoms with Gasteiger partial charge < -0.3 is 9.72 Å². The third-order valence-corrected chi connectivity index (χ3v) is 13.0. The minimum Gasteiger partial charge on any atom is -0.357 e. The van der Waals surface area contributed by atoms with Crippen molar-refractivity contribution in [2.24, 2.45) is 10.8 Å². The zero-order valence-corrected chi connectivity index (χ0v) is 34.7. The standard InChI is InChI=1S/C53H58N2/c1-11-14-15-19-36(12-2)44-30-34(5)43(32-45(44)37-24-25-37)39-26-27-42-41-22-18-21-40-38-20-16-17-23-48(38)55(50(40)41)51(42)49(39)54-35(6)33(4)31-47-46(13-3)52(7,8)28-29-53(47,9)10/h11-23,26-27,30-32,37,54H,24-25,28-29H2,1-10H3/b14-11-,19-15-,35-33+,36-12-,46-13+,47-31-. The van der Waals surface area contributed by atoms with Crippen LogP contribution in [0.5, 0.6) is 0 Å². The van der Waals surface area contributed by atoms with Gasteiger partial charge in [-0.3, -0.25) is 0 Å². The van der Waals surface area contributed by atoms with Crippen molar-refractivity contribution in [2.45, 2.75) is 101 Å². The Bertz CT molecular complexity index is 2670. The summed E-state index contributed by atoms with van der Waals surface area (Å²) in [5.74, 6) is 0.599. The van der Waals surface area contributed by atoms with Crippen molar-refractivity contribution in [1.82, 2.24) is 4.40 Å². The molecular formula is C53H58N2. The number of aryl methyl sites for hydroxylation is 1. The molecule has 2 aliphatic rings. The van der Waals surface area contributed by atoms with E-state index in [9.17, 15) is 0 Å². The average Bonchev–Trinajstić information content (AvgIpc) is 3.89. The fraction of sp³-hybridized carbons (Fsp3) is 0.321. The molecule has 0 atom stereocenters. The predicted molar refractivity (Wildman–Crippen MR) is 241 cm³/mol. The second-order valence-corrected chi connectivity index (χ2v) is 17.6. The molecule has 2 aliphatic carbocycles. The number of aromatic nitrogens is 1. The molecule has 0 saturated heterocycles. The maximum Gasteiger partial charge on any atom is 0.0783 e. The quantitative estimate of drug-likeness (QED) is 0.155. The molecule has 2 heterocycles. The van der Waals surface area contributed by atoms with Gasteiger partial charge in [-0.15, -0.1) is 0 Å². The summed E-state index contributed by atoms with van der Waals surface area (Å²) >= 11 is 0. The Kier molecular flexibility index (Phi) is 9.31. The number of hydrogen-bond donors (Lipinski definition) is 1. The van der Waals surface area contributed by atoms with E-state index in [-0.39, 0.29) is 10.8 Å². The Morgan fingerprint density at radius 1 is 0.745 bits per heavy atom. The molecule has 2 fully saturated rings. The fourth-order valence-electron chi connectivity index (χ4n) is 9.52. The smallest absolute Gasteiger partial charge is 0.0783 e. The van der Waals surface area contributed by atoms with Gasteiger partial charge >= 0.3 is 0 Å². The minimum absolute atomic E-state index is 0.112. The van der Waals surface area contributed by atoms with Crippen LogP contribution in [0, 0.1) is 17.8 Å². The van der Waals surface area contributed by atoms with E-state index < -0.39 is 0 Å². The van der Waals surface area contributed by atoms with Crippen LogP contribution in [-0.4, -0.2) is 4.40 Å². The molecule has 4 aromatic carbocycles. The summed E-state index contributed by atoms with van der Waals surface area (Å²) in [6, 6.07) is 25.5. The van der Waals surface area contributed by atoms with E-state index >= 15 is 0 Å². The number of para-hydroxylation sites is 2. The largest absolute Gasteiger partial charge is 0.357 e. The summed E-state index contributed by atoms with van der Waals surface area (Å²) in [4.78, 5) is 0. The highest BCUT2D eigenvalue weighted by atomic mass is 15.0. The molecule has 1 N–H and O–H groups in total. The molecule has 0 aliphatic heterocycles. The summed E-state index contributed by atoms with van der Waals surface area (Å²) in [5, 5.41) is 9.36. The monoisotopic (exact) mass is 722 g/mol. The number of benzene rings is 4. The molecule has 2 nitrogen and oxygen atoms in total. The topological polar surface area (TPSA) is 16.4 Å². The first-order chi connectivity index (χ1) is 26.4. The van der Waals surface area contributed by atoms with Gasteiger partial charge in [0.15, 0.2) is 0 Å². The van der Waals surface area contributed by atoms with Gasteiger partial charge in [0.1, 0.15) is 0 Å². The van der Waals surface area contributed by atoms with Crippen LogP contribution in [0.15, 0.2) is 132 Å². The summed E-state index contributed by atoms with van der Waals surface area (Å²) in [6.45, 7) is 23.0. The van der Waals surface area contributed by atoms with Gasteiger partial charge in [-0.2, -0.15) is 0 Å². The predicted octanol–water partition coefficient (Wildman–Crippen LogP) is 15.6. The number of allylic oxidation sites excluding steroid dienone is 12. The second kappa shape index (κ2) is 13.9. The maximum absolute atomic E-state index is 4.15. The summed E-state index contributed by atoms with van der Waals surface area (Å²) in [6.07, 6.45) is 20.7. The average molecular weight is 723 g/mol. The number of nitrogens with one attached hydrogen (secondary N) is 1. The van der Waals surface area contributed by atoms with Gasteiger partial charge in [0.25, 0.3) is 0 Å². The molecule has 2 saturated carbocycles. The van der Waals surface area contributed by atoms with E-state index in [0.717, 1.165) is 0 Å². The molecule has 2 heteroatoms. The molecule has 6 aromatic rings. The SMILES string of the molecule is C\C=C/C=C\C(=C\C)c1cc(C)c(-c2ccc3c4cccc5c6ccccc6n(c3c2N/C(C)=C(C)/C=C2/C(=C\C)C(C)(C)CCC2(C)C)c54)cc1C1CC1. The number of rotatable bonds is 8. The Balaban J connectivity index is 1.40. The summed E-state index contributed by atoms with van der Waals surface area (Å²) in [7, 11) is 0. The first-order valence-electron chi connectivity index (χ1n) is 20.5. The van der Waals surface area contributed by atoms with Gasteiger partial charge in [0.05, 0.1) is 22.2 Å². The van der Waals surface area contributed by atoms with Gasteiger partial charge in [-0.1, -0.05) is 125 Å². The lowest BCUT2D eigenvalue weighted by molar-refractivity contribution is 0.259. The van der Waals surface area contributed by atoms with Crippen LogP contribution in [0.3, 0.4) is 0 Å². The normalized spacial score (nSPS) is 19.7. The first-order valence-corrected chi connectivity index (χ1v) is 20.5. The molecule has 55 heavy (non-hydrogen) atoms. The summed E-state index contributed by atoms with van der Waals surface area (Å²) < 4.78 is 2.54. The zero-order chi connectivity index (χ0) is 38.8. The highest BCUT2D eigenvalue weighted by Crippen LogP contribution is 2.53. The van der Waals surface area contributed by atoms with Gasteiger partial charge in [-0.25, -0.2) is 0 Å². The van der Waals surface area contributed by atoms with Crippen LogP contribution in [0.1, 0.15) is 111 Å². The van der Waals surface area contributed by atoms with Crippen molar-refractivity contribution in [3.05, 3.63) is 148 Å². The first kappa shape index (κ1) is 36.9.